The summed E-state index contributed by atoms with van der Waals surface area (Å²) in [5, 5.41) is 9.09. The van der Waals surface area contributed by atoms with Crippen molar-refractivity contribution in [1.29, 1.82) is 0 Å². The lowest BCUT2D eigenvalue weighted by Crippen LogP contribution is -2.41. The number of aliphatic carboxylic acids is 1. The lowest BCUT2D eigenvalue weighted by molar-refractivity contribution is -0.149. The van der Waals surface area contributed by atoms with Crippen molar-refractivity contribution in [2.45, 2.75) is 52.0 Å². The molecule has 4 heteroatoms. The van der Waals surface area contributed by atoms with Crippen molar-refractivity contribution in [3.63, 3.8) is 0 Å². The van der Waals surface area contributed by atoms with Crippen molar-refractivity contribution >= 4 is 11.9 Å². The third kappa shape index (κ3) is 3.20. The first-order valence-electron chi connectivity index (χ1n) is 6.48. The number of nitrogens with zero attached hydrogens (tertiary/aromatic N) is 1. The van der Waals surface area contributed by atoms with Crippen molar-refractivity contribution in [2.75, 3.05) is 7.05 Å². The zero-order valence-corrected chi connectivity index (χ0v) is 11.0. The van der Waals surface area contributed by atoms with E-state index in [1.165, 1.54) is 0 Å². The molecule has 1 saturated carbocycles. The fraction of sp³-hybridized carbons (Fsp3) is 0.846. The number of hydrogen-bond acceptors (Lipinski definition) is 2. The van der Waals surface area contributed by atoms with E-state index in [9.17, 15) is 9.59 Å². The molecular formula is C13H23NO3. The quantitative estimate of drug-likeness (QED) is 0.802. The number of amides is 1. The van der Waals surface area contributed by atoms with Gasteiger partial charge >= 0.3 is 5.97 Å². The van der Waals surface area contributed by atoms with Crippen LogP contribution in [0.25, 0.3) is 0 Å². The Morgan fingerprint density at radius 3 is 2.47 bits per heavy atom. The summed E-state index contributed by atoms with van der Waals surface area (Å²) >= 11 is 0. The van der Waals surface area contributed by atoms with Crippen LogP contribution in [0.4, 0.5) is 0 Å². The van der Waals surface area contributed by atoms with Gasteiger partial charge in [0.1, 0.15) is 0 Å². The van der Waals surface area contributed by atoms with Gasteiger partial charge in [-0.05, 0) is 26.2 Å². The van der Waals surface area contributed by atoms with Gasteiger partial charge in [-0.2, -0.15) is 0 Å². The first-order valence-corrected chi connectivity index (χ1v) is 6.48. The Morgan fingerprint density at radius 2 is 1.94 bits per heavy atom. The first-order chi connectivity index (χ1) is 7.99. The highest BCUT2D eigenvalue weighted by molar-refractivity contribution is 5.85. The summed E-state index contributed by atoms with van der Waals surface area (Å²) in [6, 6.07) is 0.197. The Balaban J connectivity index is 2.65. The largest absolute Gasteiger partial charge is 0.481 e. The molecule has 0 aliphatic heterocycles. The van der Waals surface area contributed by atoms with E-state index in [2.05, 4.69) is 6.92 Å². The first kappa shape index (κ1) is 14.0. The molecule has 0 aromatic rings. The summed E-state index contributed by atoms with van der Waals surface area (Å²) in [6.07, 6.45) is 4.21. The Kier molecular flexibility index (Phi) is 4.97. The van der Waals surface area contributed by atoms with Crippen molar-refractivity contribution in [1.82, 2.24) is 4.90 Å². The Bertz CT molecular complexity index is 290. The second kappa shape index (κ2) is 6.03. The van der Waals surface area contributed by atoms with E-state index in [1.54, 1.807) is 11.9 Å². The molecule has 0 aromatic carbocycles. The summed E-state index contributed by atoms with van der Waals surface area (Å²) in [7, 11) is 1.79. The minimum atomic E-state index is -0.822. The maximum Gasteiger partial charge on any atom is 0.307 e. The zero-order valence-electron chi connectivity index (χ0n) is 11.0. The minimum Gasteiger partial charge on any atom is -0.481 e. The van der Waals surface area contributed by atoms with Crippen molar-refractivity contribution < 1.29 is 14.7 Å². The lowest BCUT2D eigenvalue weighted by Gasteiger charge is -2.28. The highest BCUT2D eigenvalue weighted by Crippen LogP contribution is 2.33. The molecule has 0 bridgehead atoms. The van der Waals surface area contributed by atoms with Gasteiger partial charge in [0.25, 0.3) is 0 Å². The standard InChI is InChI=1S/C13H23NO3/c1-4-6-9(2)14(3)12(15)10-7-5-8-11(10)13(16)17/h9-11H,4-8H2,1-3H3,(H,16,17). The van der Waals surface area contributed by atoms with Crippen LogP contribution in [0.5, 0.6) is 0 Å². The van der Waals surface area contributed by atoms with Gasteiger partial charge < -0.3 is 10.0 Å². The minimum absolute atomic E-state index is 0.0100. The van der Waals surface area contributed by atoms with Crippen LogP contribution in [0, 0.1) is 11.8 Å². The number of carboxylic acids is 1. The van der Waals surface area contributed by atoms with Gasteiger partial charge in [0.2, 0.25) is 5.91 Å². The van der Waals surface area contributed by atoms with Crippen molar-refractivity contribution in [3.05, 3.63) is 0 Å². The molecule has 0 radical (unpaired) electrons. The third-order valence-electron chi connectivity index (χ3n) is 3.87. The molecule has 3 atom stereocenters. The molecule has 4 nitrogen and oxygen atoms in total. The molecular weight excluding hydrogens is 218 g/mol. The van der Waals surface area contributed by atoms with Gasteiger partial charge in [-0.25, -0.2) is 0 Å². The van der Waals surface area contributed by atoms with Gasteiger partial charge in [-0.3, -0.25) is 9.59 Å². The van der Waals surface area contributed by atoms with E-state index in [4.69, 9.17) is 5.11 Å². The monoisotopic (exact) mass is 241 g/mol. The molecule has 1 amide bonds. The SMILES string of the molecule is CCCC(C)N(C)C(=O)C1CCCC1C(=O)O. The number of carbonyl (C=O) groups excluding carboxylic acids is 1. The van der Waals surface area contributed by atoms with E-state index in [-0.39, 0.29) is 17.9 Å². The Labute approximate surface area is 103 Å². The van der Waals surface area contributed by atoms with Crippen LogP contribution in [-0.4, -0.2) is 35.0 Å². The predicted molar refractivity (Wildman–Crippen MR) is 65.6 cm³/mol. The summed E-state index contributed by atoms with van der Waals surface area (Å²) in [4.78, 5) is 25.0. The van der Waals surface area contributed by atoms with Crippen LogP contribution in [0.1, 0.15) is 46.0 Å². The third-order valence-corrected chi connectivity index (χ3v) is 3.87. The summed E-state index contributed by atoms with van der Waals surface area (Å²) in [5.41, 5.74) is 0. The van der Waals surface area contributed by atoms with Crippen LogP contribution in [0.2, 0.25) is 0 Å². The van der Waals surface area contributed by atoms with Crippen molar-refractivity contribution in [3.8, 4) is 0 Å². The molecule has 1 aliphatic carbocycles. The fourth-order valence-corrected chi connectivity index (χ4v) is 2.64. The average Bonchev–Trinajstić information content (AvgIpc) is 2.76. The lowest BCUT2D eigenvalue weighted by atomic mass is 9.94. The molecule has 0 saturated heterocycles. The van der Waals surface area contributed by atoms with Crippen LogP contribution in [0.3, 0.4) is 0 Å². The van der Waals surface area contributed by atoms with Crippen LogP contribution < -0.4 is 0 Å². The van der Waals surface area contributed by atoms with Gasteiger partial charge in [0.05, 0.1) is 11.8 Å². The van der Waals surface area contributed by atoms with Gasteiger partial charge in [0.15, 0.2) is 0 Å². The molecule has 1 N–H and O–H groups in total. The van der Waals surface area contributed by atoms with Gasteiger partial charge in [-0.15, -0.1) is 0 Å². The normalized spacial score (nSPS) is 25.6. The molecule has 1 fully saturated rings. The molecule has 17 heavy (non-hydrogen) atoms. The molecule has 0 spiro atoms. The predicted octanol–water partition coefficient (Wildman–Crippen LogP) is 2.13. The van der Waals surface area contributed by atoms with Crippen LogP contribution in [0.15, 0.2) is 0 Å². The number of hydrogen-bond donors (Lipinski definition) is 1. The number of carbonyl (C=O) groups is 2. The molecule has 3 unspecified atom stereocenters. The molecule has 0 heterocycles. The van der Waals surface area contributed by atoms with E-state index >= 15 is 0 Å². The highest BCUT2D eigenvalue weighted by Gasteiger charge is 2.39. The fourth-order valence-electron chi connectivity index (χ4n) is 2.64. The molecule has 1 rings (SSSR count). The Hall–Kier alpha value is -1.06. The molecule has 0 aromatic heterocycles. The van der Waals surface area contributed by atoms with E-state index in [0.717, 1.165) is 25.7 Å². The second-order valence-corrected chi connectivity index (χ2v) is 5.07. The Morgan fingerprint density at radius 1 is 1.35 bits per heavy atom. The van der Waals surface area contributed by atoms with E-state index in [0.29, 0.717) is 6.42 Å². The maximum absolute atomic E-state index is 12.2. The summed E-state index contributed by atoms with van der Waals surface area (Å²) < 4.78 is 0. The molecule has 1 aliphatic rings. The maximum atomic E-state index is 12.2. The van der Waals surface area contributed by atoms with Gasteiger partial charge in [0, 0.05) is 13.1 Å². The second-order valence-electron chi connectivity index (χ2n) is 5.07. The number of carboxylic acid groups (broad SMARTS) is 1. The van der Waals surface area contributed by atoms with Crippen molar-refractivity contribution in [2.24, 2.45) is 11.8 Å². The average molecular weight is 241 g/mol. The van der Waals surface area contributed by atoms with Crippen LogP contribution in [-0.2, 0) is 9.59 Å². The summed E-state index contributed by atoms with van der Waals surface area (Å²) in [5.74, 6) is -1.59. The van der Waals surface area contributed by atoms with E-state index in [1.807, 2.05) is 6.92 Å². The topological polar surface area (TPSA) is 57.6 Å². The zero-order chi connectivity index (χ0) is 13.0. The highest BCUT2D eigenvalue weighted by atomic mass is 16.4. The molecule has 98 valence electrons. The van der Waals surface area contributed by atoms with Crippen LogP contribution >= 0.6 is 0 Å². The smallest absolute Gasteiger partial charge is 0.307 e. The van der Waals surface area contributed by atoms with Gasteiger partial charge in [-0.1, -0.05) is 19.8 Å². The van der Waals surface area contributed by atoms with E-state index < -0.39 is 11.9 Å². The number of rotatable bonds is 5. The summed E-state index contributed by atoms with van der Waals surface area (Å²) in [6.45, 7) is 4.11.